The van der Waals surface area contributed by atoms with Gasteiger partial charge in [-0.05, 0) is 30.7 Å². The van der Waals surface area contributed by atoms with Crippen molar-refractivity contribution in [3.05, 3.63) is 61.9 Å². The van der Waals surface area contributed by atoms with Crippen LogP contribution in [0.4, 0.5) is 5.69 Å². The quantitative estimate of drug-likeness (QED) is 0.700. The summed E-state index contributed by atoms with van der Waals surface area (Å²) in [7, 11) is 4.68. The maximum atomic E-state index is 12.8. The van der Waals surface area contributed by atoms with Gasteiger partial charge in [-0.15, -0.1) is 0 Å². The first-order valence-electron chi connectivity index (χ1n) is 8.00. The Balaban J connectivity index is 2.02. The highest BCUT2D eigenvalue weighted by atomic mass is 35.5. The highest BCUT2D eigenvalue weighted by molar-refractivity contribution is 6.31. The molecule has 0 radical (unpaired) electrons. The maximum Gasteiger partial charge on any atom is 0.332 e. The Morgan fingerprint density at radius 1 is 1.15 bits per heavy atom. The summed E-state index contributed by atoms with van der Waals surface area (Å²) < 4.78 is 4.03. The molecule has 0 fully saturated rings. The van der Waals surface area contributed by atoms with Crippen LogP contribution in [0.1, 0.15) is 5.56 Å². The minimum atomic E-state index is -0.436. The van der Waals surface area contributed by atoms with E-state index in [9.17, 15) is 14.4 Å². The Kier molecular flexibility index (Phi) is 4.50. The van der Waals surface area contributed by atoms with Crippen molar-refractivity contribution in [1.82, 2.24) is 13.7 Å². The summed E-state index contributed by atoms with van der Waals surface area (Å²) in [6.07, 6.45) is 1.64. The molecule has 1 amide bonds. The van der Waals surface area contributed by atoms with Crippen LogP contribution in [0.25, 0.3) is 11.0 Å². The molecule has 0 bridgehead atoms. The third-order valence-corrected chi connectivity index (χ3v) is 4.81. The number of carbonyl (C=O) groups is 1. The summed E-state index contributed by atoms with van der Waals surface area (Å²) in [6, 6.07) is 6.96. The molecule has 0 aliphatic carbocycles. The second kappa shape index (κ2) is 6.49. The monoisotopic (exact) mass is 374 g/mol. The number of anilines is 1. The van der Waals surface area contributed by atoms with Gasteiger partial charge in [0.25, 0.3) is 5.56 Å². The Labute approximate surface area is 154 Å². The van der Waals surface area contributed by atoms with Crippen molar-refractivity contribution in [2.75, 3.05) is 11.9 Å². The molecule has 3 aromatic rings. The third kappa shape index (κ3) is 2.84. The topological polar surface area (TPSA) is 69.2 Å². The minimum Gasteiger partial charge on any atom is -0.324 e. The zero-order chi connectivity index (χ0) is 19.2. The average Bonchev–Trinajstić information content (AvgIpc) is 3.03. The first-order valence-corrected chi connectivity index (χ1v) is 8.37. The molecule has 0 saturated carbocycles. The molecule has 2 aromatic heterocycles. The van der Waals surface area contributed by atoms with Crippen molar-refractivity contribution in [2.45, 2.75) is 13.5 Å². The molecule has 0 saturated heterocycles. The van der Waals surface area contributed by atoms with Crippen LogP contribution in [0.2, 0.25) is 5.02 Å². The van der Waals surface area contributed by atoms with Crippen LogP contribution in [0.15, 0.2) is 40.1 Å². The van der Waals surface area contributed by atoms with Crippen molar-refractivity contribution < 1.29 is 4.79 Å². The van der Waals surface area contributed by atoms with Gasteiger partial charge in [-0.2, -0.15) is 0 Å². The lowest BCUT2D eigenvalue weighted by molar-refractivity contribution is -0.118. The van der Waals surface area contributed by atoms with Gasteiger partial charge in [0.05, 0.1) is 5.39 Å². The Morgan fingerprint density at radius 3 is 2.54 bits per heavy atom. The number of aryl methyl sites for hydroxylation is 2. The molecule has 1 aromatic carbocycles. The molecule has 0 atom stereocenters. The number of hydrogen-bond donors (Lipinski definition) is 0. The third-order valence-electron chi connectivity index (χ3n) is 4.57. The van der Waals surface area contributed by atoms with Crippen LogP contribution in [0.3, 0.4) is 0 Å². The Bertz CT molecular complexity index is 1140. The van der Waals surface area contributed by atoms with E-state index in [1.807, 2.05) is 13.0 Å². The van der Waals surface area contributed by atoms with Gasteiger partial charge in [0.2, 0.25) is 5.91 Å². The van der Waals surface area contributed by atoms with Crippen LogP contribution in [-0.4, -0.2) is 26.7 Å². The molecule has 0 N–H and O–H groups in total. The van der Waals surface area contributed by atoms with E-state index in [0.717, 1.165) is 10.1 Å². The molecular weight excluding hydrogens is 356 g/mol. The Morgan fingerprint density at radius 2 is 1.85 bits per heavy atom. The predicted octanol–water partition coefficient (Wildman–Crippen LogP) is 1.66. The molecule has 0 unspecified atom stereocenters. The summed E-state index contributed by atoms with van der Waals surface area (Å²) in [5.74, 6) is -0.194. The van der Waals surface area contributed by atoms with Crippen LogP contribution in [0.5, 0.6) is 0 Å². The van der Waals surface area contributed by atoms with E-state index in [1.165, 1.54) is 16.5 Å². The standard InChI is InChI=1S/C18H19ClN4O3/c1-11-5-6-12(19)9-14(11)20(2)15(24)10-23-8-7-13-16(23)21(3)18(26)22(4)17(13)25/h5-9H,10H2,1-4H3. The molecule has 136 valence electrons. The number of amides is 1. The minimum absolute atomic E-state index is 0.00754. The van der Waals surface area contributed by atoms with Gasteiger partial charge in [-0.3, -0.25) is 18.7 Å². The SMILES string of the molecule is Cc1ccc(Cl)cc1N(C)C(=O)Cn1ccc2c(=O)n(C)c(=O)n(C)c21. The molecule has 8 heteroatoms. The van der Waals surface area contributed by atoms with E-state index in [0.29, 0.717) is 21.7 Å². The van der Waals surface area contributed by atoms with Crippen molar-refractivity contribution in [3.8, 4) is 0 Å². The molecular formula is C18H19ClN4O3. The van der Waals surface area contributed by atoms with E-state index in [2.05, 4.69) is 0 Å². The molecule has 0 spiro atoms. The number of carbonyl (C=O) groups excluding carboxylic acids is 1. The van der Waals surface area contributed by atoms with E-state index >= 15 is 0 Å². The van der Waals surface area contributed by atoms with E-state index < -0.39 is 5.69 Å². The summed E-state index contributed by atoms with van der Waals surface area (Å²) in [6.45, 7) is 1.89. The molecule has 26 heavy (non-hydrogen) atoms. The number of likely N-dealkylation sites (N-methyl/N-ethyl adjacent to an activating group) is 1. The van der Waals surface area contributed by atoms with Crippen LogP contribution in [0, 0.1) is 6.92 Å². The average molecular weight is 375 g/mol. The second-order valence-electron chi connectivity index (χ2n) is 6.27. The molecule has 0 aliphatic heterocycles. The van der Waals surface area contributed by atoms with Gasteiger partial charge in [0, 0.05) is 38.0 Å². The number of halogens is 1. The number of nitrogens with zero attached hydrogens (tertiary/aromatic N) is 4. The van der Waals surface area contributed by atoms with Crippen LogP contribution in [-0.2, 0) is 25.4 Å². The van der Waals surface area contributed by atoms with Crippen molar-refractivity contribution in [3.63, 3.8) is 0 Å². The fraction of sp³-hybridized carbons (Fsp3) is 0.278. The number of rotatable bonds is 3. The Hall–Kier alpha value is -2.80. The number of benzene rings is 1. The zero-order valence-electron chi connectivity index (χ0n) is 15.0. The first-order chi connectivity index (χ1) is 12.2. The second-order valence-corrected chi connectivity index (χ2v) is 6.71. The fourth-order valence-corrected chi connectivity index (χ4v) is 3.21. The molecule has 3 rings (SSSR count). The summed E-state index contributed by atoms with van der Waals surface area (Å²) in [5, 5.41) is 0.937. The number of hydrogen-bond acceptors (Lipinski definition) is 3. The molecule has 2 heterocycles. The van der Waals surface area contributed by atoms with Gasteiger partial charge in [0.1, 0.15) is 12.2 Å². The summed E-state index contributed by atoms with van der Waals surface area (Å²) in [4.78, 5) is 38.7. The van der Waals surface area contributed by atoms with Gasteiger partial charge >= 0.3 is 5.69 Å². The van der Waals surface area contributed by atoms with Crippen molar-refractivity contribution in [2.24, 2.45) is 14.1 Å². The van der Waals surface area contributed by atoms with Gasteiger partial charge in [-0.25, -0.2) is 4.79 Å². The molecule has 7 nitrogen and oxygen atoms in total. The van der Waals surface area contributed by atoms with E-state index in [1.54, 1.807) is 43.1 Å². The first kappa shape index (κ1) is 18.0. The van der Waals surface area contributed by atoms with Gasteiger partial charge in [0.15, 0.2) is 0 Å². The highest BCUT2D eigenvalue weighted by Gasteiger charge is 2.18. The van der Waals surface area contributed by atoms with Crippen molar-refractivity contribution >= 4 is 34.2 Å². The van der Waals surface area contributed by atoms with Crippen LogP contribution < -0.4 is 16.1 Å². The van der Waals surface area contributed by atoms with Crippen molar-refractivity contribution in [1.29, 1.82) is 0 Å². The predicted molar refractivity (Wildman–Crippen MR) is 102 cm³/mol. The zero-order valence-corrected chi connectivity index (χ0v) is 15.7. The van der Waals surface area contributed by atoms with Gasteiger partial charge < -0.3 is 9.47 Å². The van der Waals surface area contributed by atoms with Crippen LogP contribution >= 0.6 is 11.6 Å². The number of fused-ring (bicyclic) bond motifs is 1. The summed E-state index contributed by atoms with van der Waals surface area (Å²) >= 11 is 6.04. The smallest absolute Gasteiger partial charge is 0.324 e. The molecule has 0 aliphatic rings. The highest BCUT2D eigenvalue weighted by Crippen LogP contribution is 2.24. The lowest BCUT2D eigenvalue weighted by Crippen LogP contribution is -2.38. The summed E-state index contributed by atoms with van der Waals surface area (Å²) in [5.41, 5.74) is 1.23. The lowest BCUT2D eigenvalue weighted by Gasteiger charge is -2.20. The van der Waals surface area contributed by atoms with Gasteiger partial charge in [-0.1, -0.05) is 17.7 Å². The maximum absolute atomic E-state index is 12.8. The number of aromatic nitrogens is 3. The largest absolute Gasteiger partial charge is 0.332 e. The lowest BCUT2D eigenvalue weighted by atomic mass is 10.2. The van der Waals surface area contributed by atoms with E-state index in [-0.39, 0.29) is 18.0 Å². The fourth-order valence-electron chi connectivity index (χ4n) is 3.05. The normalized spacial score (nSPS) is 11.1. The van der Waals surface area contributed by atoms with E-state index in [4.69, 9.17) is 11.6 Å².